The number of benzene rings is 2. The van der Waals surface area contributed by atoms with Crippen molar-refractivity contribution in [1.82, 2.24) is 15.3 Å². The minimum absolute atomic E-state index is 0.225. The molecule has 0 spiro atoms. The Kier molecular flexibility index (Phi) is 6.06. The molecule has 0 saturated heterocycles. The maximum Gasteiger partial charge on any atom is 0.254 e. The molecule has 0 saturated carbocycles. The molecule has 7 nitrogen and oxygen atoms in total. The molecule has 3 rings (SSSR count). The molecule has 2 N–H and O–H groups in total. The lowest BCUT2D eigenvalue weighted by atomic mass is 10.1. The molecule has 0 aliphatic heterocycles. The molecule has 1 amide bonds. The van der Waals surface area contributed by atoms with Crippen molar-refractivity contribution in [3.05, 3.63) is 71.5 Å². The van der Waals surface area contributed by atoms with Gasteiger partial charge in [0.15, 0.2) is 0 Å². The SMILES string of the molecule is COc1ccc(Nc2ncc(C(=O)NCc3ccccc3C)cn2)c(OC)c1. The summed E-state index contributed by atoms with van der Waals surface area (Å²) < 4.78 is 10.5. The zero-order valence-corrected chi connectivity index (χ0v) is 16.0. The number of nitrogens with one attached hydrogen (secondary N) is 2. The van der Waals surface area contributed by atoms with E-state index in [1.807, 2.05) is 37.3 Å². The standard InChI is InChI=1S/C21H22N4O3/c1-14-6-4-5-7-15(14)11-22-20(26)16-12-23-21(24-13-16)25-18-9-8-17(27-2)10-19(18)28-3/h4-10,12-13H,11H2,1-3H3,(H,22,26)(H,23,24,25). The summed E-state index contributed by atoms with van der Waals surface area (Å²) in [5, 5.41) is 5.95. The zero-order valence-electron chi connectivity index (χ0n) is 16.0. The predicted octanol–water partition coefficient (Wildman–Crippen LogP) is 3.48. The molecule has 28 heavy (non-hydrogen) atoms. The van der Waals surface area contributed by atoms with E-state index in [1.165, 1.54) is 12.4 Å². The summed E-state index contributed by atoms with van der Waals surface area (Å²) in [5.41, 5.74) is 3.29. The Balaban J connectivity index is 1.65. The molecule has 7 heteroatoms. The van der Waals surface area contributed by atoms with Crippen LogP contribution in [0.1, 0.15) is 21.5 Å². The molecule has 0 radical (unpaired) electrons. The summed E-state index contributed by atoms with van der Waals surface area (Å²) in [5.74, 6) is 1.42. The van der Waals surface area contributed by atoms with Gasteiger partial charge < -0.3 is 20.1 Å². The fourth-order valence-electron chi connectivity index (χ4n) is 2.62. The molecule has 2 aromatic carbocycles. The second-order valence-corrected chi connectivity index (χ2v) is 6.10. The van der Waals surface area contributed by atoms with Crippen LogP contribution in [0.2, 0.25) is 0 Å². The number of ether oxygens (including phenoxy) is 2. The minimum Gasteiger partial charge on any atom is -0.497 e. The number of carbonyl (C=O) groups excluding carboxylic acids is 1. The van der Waals surface area contributed by atoms with Crippen LogP contribution in [-0.4, -0.2) is 30.1 Å². The Morgan fingerprint density at radius 3 is 2.46 bits per heavy atom. The quantitative estimate of drug-likeness (QED) is 0.655. The lowest BCUT2D eigenvalue weighted by Crippen LogP contribution is -2.23. The van der Waals surface area contributed by atoms with Crippen molar-refractivity contribution in [3.63, 3.8) is 0 Å². The number of rotatable bonds is 7. The highest BCUT2D eigenvalue weighted by molar-refractivity contribution is 5.93. The fourth-order valence-corrected chi connectivity index (χ4v) is 2.62. The predicted molar refractivity (Wildman–Crippen MR) is 107 cm³/mol. The second-order valence-electron chi connectivity index (χ2n) is 6.10. The maximum atomic E-state index is 12.3. The van der Waals surface area contributed by atoms with Gasteiger partial charge in [-0.05, 0) is 30.2 Å². The van der Waals surface area contributed by atoms with E-state index in [2.05, 4.69) is 20.6 Å². The number of methoxy groups -OCH3 is 2. The third-order valence-corrected chi connectivity index (χ3v) is 4.27. The summed E-state index contributed by atoms with van der Waals surface area (Å²) in [6.07, 6.45) is 2.97. The van der Waals surface area contributed by atoms with E-state index in [9.17, 15) is 4.79 Å². The molecule has 1 heterocycles. The Morgan fingerprint density at radius 2 is 1.79 bits per heavy atom. The highest BCUT2D eigenvalue weighted by atomic mass is 16.5. The molecular weight excluding hydrogens is 356 g/mol. The molecule has 0 aliphatic carbocycles. The summed E-state index contributed by atoms with van der Waals surface area (Å²) >= 11 is 0. The Hall–Kier alpha value is -3.61. The molecule has 0 unspecified atom stereocenters. The van der Waals surface area contributed by atoms with Gasteiger partial charge >= 0.3 is 0 Å². The van der Waals surface area contributed by atoms with Gasteiger partial charge in [-0.15, -0.1) is 0 Å². The molecular formula is C21H22N4O3. The first kappa shape index (κ1) is 19.2. The smallest absolute Gasteiger partial charge is 0.254 e. The van der Waals surface area contributed by atoms with Gasteiger partial charge in [0.25, 0.3) is 5.91 Å². The van der Waals surface area contributed by atoms with Crippen LogP contribution in [0.15, 0.2) is 54.9 Å². The third kappa shape index (κ3) is 4.56. The molecule has 144 valence electrons. The van der Waals surface area contributed by atoms with Crippen LogP contribution in [-0.2, 0) is 6.54 Å². The van der Waals surface area contributed by atoms with E-state index < -0.39 is 0 Å². The zero-order chi connectivity index (χ0) is 19.9. The Labute approximate surface area is 163 Å². The number of nitrogens with zero attached hydrogens (tertiary/aromatic N) is 2. The van der Waals surface area contributed by atoms with Crippen molar-refractivity contribution in [2.75, 3.05) is 19.5 Å². The number of anilines is 2. The largest absolute Gasteiger partial charge is 0.497 e. The van der Waals surface area contributed by atoms with E-state index in [-0.39, 0.29) is 5.91 Å². The van der Waals surface area contributed by atoms with Crippen LogP contribution in [0.3, 0.4) is 0 Å². The molecule has 1 aromatic heterocycles. The average molecular weight is 378 g/mol. The number of hydrogen-bond acceptors (Lipinski definition) is 6. The molecule has 0 aliphatic rings. The van der Waals surface area contributed by atoms with E-state index in [1.54, 1.807) is 26.4 Å². The van der Waals surface area contributed by atoms with Gasteiger partial charge in [-0.2, -0.15) is 0 Å². The van der Waals surface area contributed by atoms with Crippen LogP contribution in [0, 0.1) is 6.92 Å². The summed E-state index contributed by atoms with van der Waals surface area (Å²) in [6, 6.07) is 13.3. The Morgan fingerprint density at radius 1 is 1.04 bits per heavy atom. The van der Waals surface area contributed by atoms with Gasteiger partial charge in [0.1, 0.15) is 11.5 Å². The van der Waals surface area contributed by atoms with Crippen molar-refractivity contribution in [3.8, 4) is 11.5 Å². The van der Waals surface area contributed by atoms with Gasteiger partial charge in [-0.25, -0.2) is 9.97 Å². The number of hydrogen-bond donors (Lipinski definition) is 2. The maximum absolute atomic E-state index is 12.3. The number of amides is 1. The van der Waals surface area contributed by atoms with Gasteiger partial charge in [0.05, 0.1) is 25.5 Å². The van der Waals surface area contributed by atoms with Crippen LogP contribution < -0.4 is 20.1 Å². The van der Waals surface area contributed by atoms with Gasteiger partial charge in [-0.1, -0.05) is 24.3 Å². The van der Waals surface area contributed by atoms with E-state index in [4.69, 9.17) is 9.47 Å². The van der Waals surface area contributed by atoms with E-state index in [0.29, 0.717) is 35.2 Å². The van der Waals surface area contributed by atoms with Crippen LogP contribution >= 0.6 is 0 Å². The summed E-state index contributed by atoms with van der Waals surface area (Å²) in [4.78, 5) is 20.8. The summed E-state index contributed by atoms with van der Waals surface area (Å²) in [7, 11) is 3.16. The van der Waals surface area contributed by atoms with Crippen LogP contribution in [0.4, 0.5) is 11.6 Å². The molecule has 0 atom stereocenters. The normalized spacial score (nSPS) is 10.2. The topological polar surface area (TPSA) is 85.4 Å². The first-order valence-electron chi connectivity index (χ1n) is 8.74. The van der Waals surface area contributed by atoms with Crippen molar-refractivity contribution in [2.24, 2.45) is 0 Å². The number of carbonyl (C=O) groups is 1. The van der Waals surface area contributed by atoms with E-state index >= 15 is 0 Å². The summed E-state index contributed by atoms with van der Waals surface area (Å²) in [6.45, 7) is 2.47. The van der Waals surface area contributed by atoms with Crippen molar-refractivity contribution < 1.29 is 14.3 Å². The first-order chi connectivity index (χ1) is 13.6. The van der Waals surface area contributed by atoms with Gasteiger partial charge in [0, 0.05) is 25.0 Å². The highest BCUT2D eigenvalue weighted by Gasteiger charge is 2.10. The average Bonchev–Trinajstić information content (AvgIpc) is 2.73. The first-order valence-corrected chi connectivity index (χ1v) is 8.74. The number of aryl methyl sites for hydroxylation is 1. The lowest BCUT2D eigenvalue weighted by Gasteiger charge is -2.11. The van der Waals surface area contributed by atoms with Crippen molar-refractivity contribution in [1.29, 1.82) is 0 Å². The van der Waals surface area contributed by atoms with Crippen molar-refractivity contribution in [2.45, 2.75) is 13.5 Å². The van der Waals surface area contributed by atoms with E-state index in [0.717, 1.165) is 11.1 Å². The highest BCUT2D eigenvalue weighted by Crippen LogP contribution is 2.30. The lowest BCUT2D eigenvalue weighted by molar-refractivity contribution is 0.0950. The van der Waals surface area contributed by atoms with Crippen LogP contribution in [0.5, 0.6) is 11.5 Å². The Bertz CT molecular complexity index is 958. The number of aromatic nitrogens is 2. The molecule has 0 fully saturated rings. The van der Waals surface area contributed by atoms with Crippen LogP contribution in [0.25, 0.3) is 0 Å². The molecule has 3 aromatic rings. The molecule has 0 bridgehead atoms. The van der Waals surface area contributed by atoms with Crippen molar-refractivity contribution >= 4 is 17.5 Å². The van der Waals surface area contributed by atoms with Gasteiger partial charge in [-0.3, -0.25) is 4.79 Å². The fraction of sp³-hybridized carbons (Fsp3) is 0.190. The third-order valence-electron chi connectivity index (χ3n) is 4.27. The minimum atomic E-state index is -0.225. The monoisotopic (exact) mass is 378 g/mol. The van der Waals surface area contributed by atoms with Gasteiger partial charge in [0.2, 0.25) is 5.95 Å². The second kappa shape index (κ2) is 8.85.